The maximum atomic E-state index is 13.0. The van der Waals surface area contributed by atoms with Crippen LogP contribution in [0.15, 0.2) is 54.6 Å². The number of para-hydroxylation sites is 2. The highest BCUT2D eigenvalue weighted by Crippen LogP contribution is 2.31. The van der Waals surface area contributed by atoms with Crippen LogP contribution >= 0.6 is 0 Å². The van der Waals surface area contributed by atoms with Crippen LogP contribution in [0.3, 0.4) is 0 Å². The molecule has 2 atom stereocenters. The van der Waals surface area contributed by atoms with E-state index in [9.17, 15) is 9.59 Å². The van der Waals surface area contributed by atoms with Gasteiger partial charge in [0.25, 0.3) is 5.91 Å². The Labute approximate surface area is 176 Å². The fraction of sp³-hybridized carbons (Fsp3) is 0.391. The molecule has 2 heterocycles. The molecular weight excluding hydrogens is 382 g/mol. The van der Waals surface area contributed by atoms with Gasteiger partial charge >= 0.3 is 0 Å². The lowest BCUT2D eigenvalue weighted by Gasteiger charge is -2.40. The van der Waals surface area contributed by atoms with Crippen molar-refractivity contribution in [2.24, 2.45) is 0 Å². The first kappa shape index (κ1) is 20.2. The predicted molar refractivity (Wildman–Crippen MR) is 112 cm³/mol. The number of ether oxygens (including phenoxy) is 2. The molecule has 0 spiro atoms. The number of hydrogen-bond acceptors (Lipinski definition) is 5. The van der Waals surface area contributed by atoms with Crippen LogP contribution in [0.1, 0.15) is 11.6 Å². The van der Waals surface area contributed by atoms with Crippen LogP contribution in [0.4, 0.5) is 0 Å². The summed E-state index contributed by atoms with van der Waals surface area (Å²) >= 11 is 0. The lowest BCUT2D eigenvalue weighted by Crippen LogP contribution is -2.55. The van der Waals surface area contributed by atoms with Crippen LogP contribution in [-0.4, -0.2) is 79.5 Å². The van der Waals surface area contributed by atoms with E-state index in [1.807, 2.05) is 54.6 Å². The maximum absolute atomic E-state index is 13.0. The number of hydrogen-bond donors (Lipinski definition) is 0. The summed E-state index contributed by atoms with van der Waals surface area (Å²) in [4.78, 5) is 31.4. The largest absolute Gasteiger partial charge is 0.485 e. The highest BCUT2D eigenvalue weighted by atomic mass is 16.6. The molecule has 4 rings (SSSR count). The van der Waals surface area contributed by atoms with E-state index in [-0.39, 0.29) is 24.5 Å². The van der Waals surface area contributed by atoms with E-state index in [2.05, 4.69) is 4.90 Å². The van der Waals surface area contributed by atoms with Crippen molar-refractivity contribution in [3.63, 3.8) is 0 Å². The summed E-state index contributed by atoms with van der Waals surface area (Å²) in [5.74, 6) is 1.24. The molecule has 30 heavy (non-hydrogen) atoms. The maximum Gasteiger partial charge on any atom is 0.267 e. The molecule has 2 amide bonds. The smallest absolute Gasteiger partial charge is 0.267 e. The first-order valence-corrected chi connectivity index (χ1v) is 10.2. The van der Waals surface area contributed by atoms with Crippen LogP contribution in [0.25, 0.3) is 0 Å². The molecule has 1 fully saturated rings. The normalized spacial score (nSPS) is 19.8. The Hall–Kier alpha value is -3.06. The van der Waals surface area contributed by atoms with E-state index in [0.29, 0.717) is 37.7 Å². The molecule has 158 valence electrons. The fourth-order valence-corrected chi connectivity index (χ4v) is 3.93. The summed E-state index contributed by atoms with van der Waals surface area (Å²) in [7, 11) is 3.55. The molecule has 0 unspecified atom stereocenters. The zero-order chi connectivity index (χ0) is 21.1. The summed E-state index contributed by atoms with van der Waals surface area (Å²) in [5, 5.41) is 0. The molecule has 0 aliphatic carbocycles. The number of piperazine rings is 1. The molecule has 2 aliphatic heterocycles. The monoisotopic (exact) mass is 409 g/mol. The zero-order valence-corrected chi connectivity index (χ0v) is 17.4. The Morgan fingerprint density at radius 3 is 2.23 bits per heavy atom. The predicted octanol–water partition coefficient (Wildman–Crippen LogP) is 1.80. The van der Waals surface area contributed by atoms with E-state index in [1.165, 1.54) is 0 Å². The third-order valence-electron chi connectivity index (χ3n) is 5.57. The number of amides is 2. The molecule has 2 aliphatic rings. The second kappa shape index (κ2) is 8.75. The number of carbonyl (C=O) groups is 2. The lowest BCUT2D eigenvalue weighted by molar-refractivity contribution is -0.144. The van der Waals surface area contributed by atoms with E-state index in [1.54, 1.807) is 23.9 Å². The van der Waals surface area contributed by atoms with Crippen LogP contribution in [0.2, 0.25) is 0 Å². The first-order valence-electron chi connectivity index (χ1n) is 10.2. The molecule has 2 aromatic rings. The summed E-state index contributed by atoms with van der Waals surface area (Å²) < 4.78 is 11.6. The van der Waals surface area contributed by atoms with E-state index in [4.69, 9.17) is 9.47 Å². The van der Waals surface area contributed by atoms with Gasteiger partial charge in [-0.1, -0.05) is 42.5 Å². The van der Waals surface area contributed by atoms with Gasteiger partial charge in [-0.2, -0.15) is 0 Å². The fourth-order valence-electron chi connectivity index (χ4n) is 3.93. The molecule has 2 aromatic carbocycles. The van der Waals surface area contributed by atoms with E-state index in [0.717, 1.165) is 5.56 Å². The highest BCUT2D eigenvalue weighted by Gasteiger charge is 2.36. The molecule has 0 aromatic heterocycles. The number of fused-ring (bicyclic) bond motifs is 1. The quantitative estimate of drug-likeness (QED) is 0.771. The van der Waals surface area contributed by atoms with Gasteiger partial charge in [0.05, 0.1) is 0 Å². The number of benzene rings is 2. The third kappa shape index (κ3) is 4.11. The van der Waals surface area contributed by atoms with Gasteiger partial charge in [-0.05, 0) is 17.7 Å². The minimum absolute atomic E-state index is 0.0431. The first-order chi connectivity index (χ1) is 14.5. The number of likely N-dealkylation sites (N-methyl/N-ethyl adjacent to an activating group) is 1. The average molecular weight is 409 g/mol. The molecule has 0 N–H and O–H groups in total. The lowest BCUT2D eigenvalue weighted by atomic mass is 10.0. The van der Waals surface area contributed by atoms with Crippen molar-refractivity contribution in [3.8, 4) is 11.5 Å². The SMILES string of the molecule is CN(C)C(=O)[C@@H](c1ccccc1)N1CCN(C(=O)[C@@H]2COc3ccccc3O2)CC1. The van der Waals surface area contributed by atoms with Crippen molar-refractivity contribution in [1.29, 1.82) is 0 Å². The molecule has 0 saturated carbocycles. The van der Waals surface area contributed by atoms with E-state index < -0.39 is 6.10 Å². The van der Waals surface area contributed by atoms with Crippen molar-refractivity contribution in [2.45, 2.75) is 12.1 Å². The number of nitrogens with zero attached hydrogens (tertiary/aromatic N) is 3. The van der Waals surface area contributed by atoms with Gasteiger partial charge in [-0.15, -0.1) is 0 Å². The van der Waals surface area contributed by atoms with Crippen molar-refractivity contribution in [2.75, 3.05) is 46.9 Å². The van der Waals surface area contributed by atoms with Crippen LogP contribution < -0.4 is 9.47 Å². The van der Waals surface area contributed by atoms with Gasteiger partial charge < -0.3 is 19.3 Å². The Morgan fingerprint density at radius 1 is 0.933 bits per heavy atom. The number of carbonyl (C=O) groups excluding carboxylic acids is 2. The molecule has 0 radical (unpaired) electrons. The Bertz CT molecular complexity index is 894. The summed E-state index contributed by atoms with van der Waals surface area (Å²) in [6.45, 7) is 2.54. The van der Waals surface area contributed by atoms with Gasteiger partial charge in [0.15, 0.2) is 11.5 Å². The van der Waals surface area contributed by atoms with Crippen LogP contribution in [-0.2, 0) is 9.59 Å². The van der Waals surface area contributed by atoms with Crippen LogP contribution in [0, 0.1) is 0 Å². The van der Waals surface area contributed by atoms with Gasteiger partial charge in [0, 0.05) is 40.3 Å². The molecule has 0 bridgehead atoms. The average Bonchev–Trinajstić information content (AvgIpc) is 2.79. The molecule has 7 nitrogen and oxygen atoms in total. The number of rotatable bonds is 4. The standard InChI is InChI=1S/C23H27N3O4/c1-24(2)23(28)21(17-8-4-3-5-9-17)25-12-14-26(15-13-25)22(27)20-16-29-18-10-6-7-11-19(18)30-20/h3-11,20-21H,12-16H2,1-2H3/t20-,21+/m0/s1. The topological polar surface area (TPSA) is 62.3 Å². The Kier molecular flexibility index (Phi) is 5.90. The van der Waals surface area contributed by atoms with Crippen molar-refractivity contribution < 1.29 is 19.1 Å². The second-order valence-electron chi connectivity index (χ2n) is 7.77. The van der Waals surface area contributed by atoms with Gasteiger partial charge in [-0.3, -0.25) is 14.5 Å². The zero-order valence-electron chi connectivity index (χ0n) is 17.4. The highest BCUT2D eigenvalue weighted by molar-refractivity contribution is 5.83. The van der Waals surface area contributed by atoms with Gasteiger partial charge in [-0.25, -0.2) is 0 Å². The summed E-state index contributed by atoms with van der Waals surface area (Å²) in [5.41, 5.74) is 0.969. The third-order valence-corrected chi connectivity index (χ3v) is 5.57. The minimum Gasteiger partial charge on any atom is -0.485 e. The Balaban J connectivity index is 1.41. The molecular formula is C23H27N3O4. The van der Waals surface area contributed by atoms with Crippen molar-refractivity contribution in [1.82, 2.24) is 14.7 Å². The van der Waals surface area contributed by atoms with Crippen molar-refractivity contribution >= 4 is 11.8 Å². The van der Waals surface area contributed by atoms with E-state index >= 15 is 0 Å². The van der Waals surface area contributed by atoms with Gasteiger partial charge in [0.1, 0.15) is 12.6 Å². The van der Waals surface area contributed by atoms with Crippen molar-refractivity contribution in [3.05, 3.63) is 60.2 Å². The second-order valence-corrected chi connectivity index (χ2v) is 7.77. The molecule has 7 heteroatoms. The van der Waals surface area contributed by atoms with Gasteiger partial charge in [0.2, 0.25) is 12.0 Å². The molecule has 1 saturated heterocycles. The summed E-state index contributed by atoms with van der Waals surface area (Å²) in [6, 6.07) is 16.8. The van der Waals surface area contributed by atoms with Crippen LogP contribution in [0.5, 0.6) is 11.5 Å². The minimum atomic E-state index is -0.639. The Morgan fingerprint density at radius 2 is 1.57 bits per heavy atom. The summed E-state index contributed by atoms with van der Waals surface area (Å²) in [6.07, 6.45) is -0.639.